The third-order valence-electron chi connectivity index (χ3n) is 8.28. The average Bonchev–Trinajstić information content (AvgIpc) is 3.42. The van der Waals surface area contributed by atoms with Crippen LogP contribution in [0.15, 0.2) is 42.7 Å². The first-order valence-corrected chi connectivity index (χ1v) is 13.0. The summed E-state index contributed by atoms with van der Waals surface area (Å²) in [5.74, 6) is -3.90. The Morgan fingerprint density at radius 1 is 1.12 bits per heavy atom. The molecule has 0 unspecified atom stereocenters. The number of likely N-dealkylation sites (tertiary alicyclic amines) is 1. The Hall–Kier alpha value is -3.45. The van der Waals surface area contributed by atoms with Gasteiger partial charge in [0.15, 0.2) is 12.0 Å². The lowest BCUT2D eigenvalue weighted by Crippen LogP contribution is -2.59. The van der Waals surface area contributed by atoms with Crippen LogP contribution in [0.1, 0.15) is 64.4 Å². The molecule has 2 fully saturated rings. The smallest absolute Gasteiger partial charge is 0.388 e. The maximum absolute atomic E-state index is 15.9. The number of alkyl halides is 6. The maximum Gasteiger partial charge on any atom is 0.416 e. The number of carbonyl (C=O) groups excluding carboxylic acids is 1. The predicted octanol–water partition coefficient (Wildman–Crippen LogP) is 4.94. The summed E-state index contributed by atoms with van der Waals surface area (Å²) in [7, 11) is 1.50. The fourth-order valence-corrected chi connectivity index (χ4v) is 6.46. The van der Waals surface area contributed by atoms with Crippen molar-refractivity contribution in [2.75, 3.05) is 18.0 Å². The van der Waals surface area contributed by atoms with E-state index in [0.29, 0.717) is 13.1 Å². The molecule has 1 saturated heterocycles. The van der Waals surface area contributed by atoms with Gasteiger partial charge in [0.25, 0.3) is 5.91 Å². The van der Waals surface area contributed by atoms with Crippen LogP contribution in [0.4, 0.5) is 32.0 Å². The first kappa shape index (κ1) is 27.7. The first-order valence-electron chi connectivity index (χ1n) is 13.0. The molecule has 3 aliphatic rings. The Balaban J connectivity index is 1.34. The first-order chi connectivity index (χ1) is 19.1. The van der Waals surface area contributed by atoms with Crippen molar-refractivity contribution in [3.8, 4) is 0 Å². The summed E-state index contributed by atoms with van der Waals surface area (Å²) in [5.41, 5.74) is -3.11. The number of carbonyl (C=O) groups is 1. The van der Waals surface area contributed by atoms with E-state index in [1.165, 1.54) is 48.3 Å². The molecule has 41 heavy (non-hydrogen) atoms. The van der Waals surface area contributed by atoms with E-state index >= 15 is 4.39 Å². The molecule has 1 amide bonds. The summed E-state index contributed by atoms with van der Waals surface area (Å²) in [6.45, 7) is 1.98. The van der Waals surface area contributed by atoms with Crippen LogP contribution in [0.5, 0.6) is 0 Å². The maximum atomic E-state index is 15.9. The molecule has 2 aromatic carbocycles. The molecule has 0 bridgehead atoms. The van der Waals surface area contributed by atoms with Gasteiger partial charge >= 0.3 is 6.18 Å². The van der Waals surface area contributed by atoms with E-state index in [2.05, 4.69) is 10.2 Å². The molecule has 1 aliphatic carbocycles. The molecular formula is C28H27F6N5O2. The number of hydrogen-bond donors (Lipinski definition) is 1. The van der Waals surface area contributed by atoms with Gasteiger partial charge < -0.3 is 14.6 Å². The molecule has 1 N–H and O–H groups in total. The molecule has 0 radical (unpaired) electrons. The normalized spacial score (nSPS) is 21.8. The molecule has 1 aromatic heterocycles. The van der Waals surface area contributed by atoms with Crippen molar-refractivity contribution in [2.24, 2.45) is 7.05 Å². The second-order valence-electron chi connectivity index (χ2n) is 11.8. The molecule has 1 atom stereocenters. The molecule has 1 saturated carbocycles. The van der Waals surface area contributed by atoms with Gasteiger partial charge in [0.05, 0.1) is 17.7 Å². The van der Waals surface area contributed by atoms with E-state index in [1.54, 1.807) is 11.8 Å². The number of nitrogens with zero attached hydrogens (tertiary/aromatic N) is 5. The molecule has 0 spiro atoms. The van der Waals surface area contributed by atoms with Crippen molar-refractivity contribution in [1.82, 2.24) is 19.7 Å². The SMILES string of the molecule is Cn1cnnc1[C@@H](F)C1(c2cccc(N3Cc4c(cc(CN5CC(C)(O)C5)cc4C(F)(F)F)C3=O)c2)CC(F)(F)C1. The molecule has 6 rings (SSSR count). The van der Waals surface area contributed by atoms with Gasteiger partial charge in [0, 0.05) is 56.2 Å². The Bertz CT molecular complexity index is 1520. The zero-order valence-corrected chi connectivity index (χ0v) is 22.2. The van der Waals surface area contributed by atoms with Gasteiger partial charge in [-0.1, -0.05) is 12.1 Å². The summed E-state index contributed by atoms with van der Waals surface area (Å²) in [6.07, 6.45) is -6.98. The highest BCUT2D eigenvalue weighted by Crippen LogP contribution is 2.60. The van der Waals surface area contributed by atoms with Gasteiger partial charge in [-0.15, -0.1) is 10.2 Å². The van der Waals surface area contributed by atoms with E-state index in [1.807, 2.05) is 0 Å². The van der Waals surface area contributed by atoms with Gasteiger partial charge in [-0.05, 0) is 47.9 Å². The Morgan fingerprint density at radius 3 is 2.41 bits per heavy atom. The number of aromatic nitrogens is 3. The van der Waals surface area contributed by atoms with Crippen molar-refractivity contribution in [2.45, 2.75) is 62.1 Å². The van der Waals surface area contributed by atoms with E-state index < -0.39 is 53.6 Å². The topological polar surface area (TPSA) is 74.5 Å². The molecule has 3 heterocycles. The van der Waals surface area contributed by atoms with Gasteiger partial charge in [-0.2, -0.15) is 13.2 Å². The molecule has 2 aliphatic heterocycles. The van der Waals surface area contributed by atoms with Crippen molar-refractivity contribution in [1.29, 1.82) is 0 Å². The summed E-state index contributed by atoms with van der Waals surface area (Å²) < 4.78 is 88.0. The largest absolute Gasteiger partial charge is 0.416 e. The van der Waals surface area contributed by atoms with Crippen molar-refractivity contribution in [3.63, 3.8) is 0 Å². The average molecular weight is 580 g/mol. The van der Waals surface area contributed by atoms with Gasteiger partial charge in [-0.25, -0.2) is 13.2 Å². The second-order valence-corrected chi connectivity index (χ2v) is 11.8. The summed E-state index contributed by atoms with van der Waals surface area (Å²) >= 11 is 0. The number of rotatable bonds is 6. The summed E-state index contributed by atoms with van der Waals surface area (Å²) in [6, 6.07) is 8.31. The number of benzene rings is 2. The van der Waals surface area contributed by atoms with Crippen LogP contribution in [0.25, 0.3) is 0 Å². The number of β-amino-alcohol motifs (C(OH)–C–C–N with tert-alkyl or cyclic N) is 1. The molecule has 7 nitrogen and oxygen atoms in total. The van der Waals surface area contributed by atoms with E-state index in [0.717, 1.165) is 11.0 Å². The Labute approximate surface area is 231 Å². The van der Waals surface area contributed by atoms with E-state index in [4.69, 9.17) is 0 Å². The minimum Gasteiger partial charge on any atom is -0.388 e. The van der Waals surface area contributed by atoms with Crippen LogP contribution in [0.2, 0.25) is 0 Å². The number of fused-ring (bicyclic) bond motifs is 1. The molecule has 13 heteroatoms. The lowest BCUT2D eigenvalue weighted by Gasteiger charge is -2.49. The Kier molecular flexibility index (Phi) is 6.10. The highest BCUT2D eigenvalue weighted by atomic mass is 19.4. The zero-order valence-electron chi connectivity index (χ0n) is 22.2. The lowest BCUT2D eigenvalue weighted by atomic mass is 9.59. The standard InChI is InChI=1S/C28H27F6N5O2/c1-25(41)13-38(14-25)9-16-6-19-20(21(7-16)28(32,33)34)10-39(24(19)40)18-5-3-4-17(8-18)26(11-27(30,31)12-26)22(29)23-36-35-15-37(23)2/h3-8,15,22,41H,9-14H2,1-2H3/t22-/m1/s1. The number of amides is 1. The van der Waals surface area contributed by atoms with Crippen LogP contribution in [0, 0.1) is 0 Å². The number of anilines is 1. The van der Waals surface area contributed by atoms with Crippen LogP contribution < -0.4 is 4.90 Å². The minimum absolute atomic E-state index is 0.0974. The number of hydrogen-bond acceptors (Lipinski definition) is 5. The van der Waals surface area contributed by atoms with Gasteiger partial charge in [0.1, 0.15) is 6.33 Å². The molecular weight excluding hydrogens is 552 g/mol. The fraction of sp³-hybridized carbons (Fsp3) is 0.464. The van der Waals surface area contributed by atoms with Gasteiger partial charge in [0.2, 0.25) is 5.92 Å². The third-order valence-corrected chi connectivity index (χ3v) is 8.28. The summed E-state index contributed by atoms with van der Waals surface area (Å²) in [5, 5.41) is 17.4. The second kappa shape index (κ2) is 9.02. The predicted molar refractivity (Wildman–Crippen MR) is 135 cm³/mol. The van der Waals surface area contributed by atoms with E-state index in [-0.39, 0.29) is 46.9 Å². The lowest BCUT2D eigenvalue weighted by molar-refractivity contribution is -0.151. The van der Waals surface area contributed by atoms with Crippen LogP contribution in [-0.2, 0) is 31.7 Å². The highest BCUT2D eigenvalue weighted by molar-refractivity contribution is 6.10. The number of aliphatic hydroxyl groups is 1. The van der Waals surface area contributed by atoms with Gasteiger partial charge in [-0.3, -0.25) is 9.69 Å². The third kappa shape index (κ3) is 4.68. The number of aryl methyl sites for hydroxylation is 1. The van der Waals surface area contributed by atoms with Crippen molar-refractivity contribution < 1.29 is 36.2 Å². The quantitative estimate of drug-likeness (QED) is 0.419. The van der Waals surface area contributed by atoms with Crippen molar-refractivity contribution >= 4 is 11.6 Å². The summed E-state index contributed by atoms with van der Waals surface area (Å²) in [4.78, 5) is 16.4. The highest BCUT2D eigenvalue weighted by Gasteiger charge is 2.63. The van der Waals surface area contributed by atoms with E-state index in [9.17, 15) is 31.9 Å². The fourth-order valence-electron chi connectivity index (χ4n) is 6.46. The van der Waals surface area contributed by atoms with Crippen LogP contribution in [0.3, 0.4) is 0 Å². The monoisotopic (exact) mass is 579 g/mol. The molecule has 218 valence electrons. The number of halogens is 6. The van der Waals surface area contributed by atoms with Crippen LogP contribution >= 0.6 is 0 Å². The van der Waals surface area contributed by atoms with Crippen LogP contribution in [-0.4, -0.2) is 55.3 Å². The molecule has 3 aromatic rings. The van der Waals surface area contributed by atoms with Crippen molar-refractivity contribution in [3.05, 3.63) is 76.4 Å². The minimum atomic E-state index is -4.72. The Morgan fingerprint density at radius 2 is 1.83 bits per heavy atom. The zero-order chi connectivity index (χ0) is 29.5.